The third kappa shape index (κ3) is 2.51. The van der Waals surface area contributed by atoms with E-state index >= 15 is 0 Å². The number of aromatic carboxylic acids is 1. The maximum atomic E-state index is 10.7. The molecule has 0 bridgehead atoms. The SMILES string of the molecule is Nc1ccc(C(=O)O)nc1NCc1ccno1. The molecule has 0 unspecified atom stereocenters. The number of nitrogens with one attached hydrogen (secondary N) is 1. The molecule has 0 saturated carbocycles. The first-order valence-electron chi connectivity index (χ1n) is 4.80. The minimum atomic E-state index is -1.10. The first-order chi connectivity index (χ1) is 8.16. The smallest absolute Gasteiger partial charge is 0.354 e. The van der Waals surface area contributed by atoms with E-state index in [0.717, 1.165) is 0 Å². The molecule has 0 saturated heterocycles. The van der Waals surface area contributed by atoms with Crippen LogP contribution in [0.25, 0.3) is 0 Å². The number of carbonyl (C=O) groups is 1. The second kappa shape index (κ2) is 4.52. The van der Waals surface area contributed by atoms with Gasteiger partial charge in [-0.25, -0.2) is 9.78 Å². The molecule has 0 amide bonds. The van der Waals surface area contributed by atoms with Crippen LogP contribution in [0, 0.1) is 0 Å². The van der Waals surface area contributed by atoms with Crippen molar-refractivity contribution >= 4 is 17.5 Å². The van der Waals surface area contributed by atoms with Gasteiger partial charge in [0.2, 0.25) is 0 Å². The summed E-state index contributed by atoms with van der Waals surface area (Å²) in [5, 5.41) is 15.2. The van der Waals surface area contributed by atoms with Crippen LogP contribution in [-0.4, -0.2) is 21.2 Å². The summed E-state index contributed by atoms with van der Waals surface area (Å²) in [4.78, 5) is 14.6. The number of hydrogen-bond acceptors (Lipinski definition) is 6. The van der Waals surface area contributed by atoms with E-state index in [4.69, 9.17) is 15.4 Å². The Labute approximate surface area is 96.2 Å². The average molecular weight is 234 g/mol. The van der Waals surface area contributed by atoms with E-state index in [1.54, 1.807) is 6.07 Å². The van der Waals surface area contributed by atoms with Crippen LogP contribution in [0.4, 0.5) is 11.5 Å². The summed E-state index contributed by atoms with van der Waals surface area (Å²) in [5.41, 5.74) is 5.96. The fourth-order valence-electron chi connectivity index (χ4n) is 1.23. The lowest BCUT2D eigenvalue weighted by Gasteiger charge is -2.07. The fourth-order valence-corrected chi connectivity index (χ4v) is 1.23. The number of hydrogen-bond donors (Lipinski definition) is 3. The van der Waals surface area contributed by atoms with Gasteiger partial charge in [0.25, 0.3) is 0 Å². The summed E-state index contributed by atoms with van der Waals surface area (Å²) in [6.45, 7) is 0.334. The maximum Gasteiger partial charge on any atom is 0.354 e. The van der Waals surface area contributed by atoms with Gasteiger partial charge in [0.05, 0.1) is 18.4 Å². The lowest BCUT2D eigenvalue weighted by Crippen LogP contribution is -2.08. The van der Waals surface area contributed by atoms with Gasteiger partial charge in [-0.2, -0.15) is 0 Å². The molecule has 2 aromatic rings. The lowest BCUT2D eigenvalue weighted by molar-refractivity contribution is 0.0690. The van der Waals surface area contributed by atoms with Crippen molar-refractivity contribution in [1.29, 1.82) is 0 Å². The standard InChI is InChI=1S/C10H10N4O3/c11-7-1-2-8(10(15)16)14-9(7)12-5-6-3-4-13-17-6/h1-4H,5,11H2,(H,12,14)(H,15,16). The van der Waals surface area contributed by atoms with E-state index in [2.05, 4.69) is 15.5 Å². The van der Waals surface area contributed by atoms with Gasteiger partial charge >= 0.3 is 5.97 Å². The molecule has 0 aliphatic carbocycles. The van der Waals surface area contributed by atoms with Crippen LogP contribution in [0.1, 0.15) is 16.2 Å². The average Bonchev–Trinajstić information content (AvgIpc) is 2.80. The van der Waals surface area contributed by atoms with E-state index in [1.807, 2.05) is 0 Å². The van der Waals surface area contributed by atoms with E-state index in [0.29, 0.717) is 23.8 Å². The highest BCUT2D eigenvalue weighted by Crippen LogP contribution is 2.16. The number of nitrogen functional groups attached to an aromatic ring is 1. The first-order valence-corrected chi connectivity index (χ1v) is 4.80. The van der Waals surface area contributed by atoms with Crippen LogP contribution in [0.5, 0.6) is 0 Å². The Balaban J connectivity index is 2.14. The van der Waals surface area contributed by atoms with Crippen LogP contribution in [-0.2, 0) is 6.54 Å². The van der Waals surface area contributed by atoms with Crippen LogP contribution in [0.15, 0.2) is 28.9 Å². The number of aromatic nitrogens is 2. The van der Waals surface area contributed by atoms with Crippen molar-refractivity contribution in [2.45, 2.75) is 6.54 Å². The largest absolute Gasteiger partial charge is 0.477 e. The van der Waals surface area contributed by atoms with Crippen molar-refractivity contribution in [3.8, 4) is 0 Å². The maximum absolute atomic E-state index is 10.7. The minimum Gasteiger partial charge on any atom is -0.477 e. The zero-order valence-electron chi connectivity index (χ0n) is 8.75. The Hall–Kier alpha value is -2.57. The number of carboxylic acid groups (broad SMARTS) is 1. The molecule has 7 heteroatoms. The molecule has 4 N–H and O–H groups in total. The highest BCUT2D eigenvalue weighted by molar-refractivity contribution is 5.86. The van der Waals surface area contributed by atoms with E-state index in [-0.39, 0.29) is 5.69 Å². The third-order valence-electron chi connectivity index (χ3n) is 2.07. The van der Waals surface area contributed by atoms with Crippen molar-refractivity contribution in [2.75, 3.05) is 11.1 Å². The second-order valence-corrected chi connectivity index (χ2v) is 3.27. The van der Waals surface area contributed by atoms with Gasteiger partial charge in [-0.05, 0) is 12.1 Å². The Bertz CT molecular complexity index is 524. The van der Waals surface area contributed by atoms with E-state index < -0.39 is 5.97 Å². The van der Waals surface area contributed by atoms with Crippen molar-refractivity contribution in [3.63, 3.8) is 0 Å². The first kappa shape index (κ1) is 10.9. The van der Waals surface area contributed by atoms with Gasteiger partial charge in [-0.15, -0.1) is 0 Å². The van der Waals surface area contributed by atoms with E-state index in [9.17, 15) is 4.79 Å². The summed E-state index contributed by atoms with van der Waals surface area (Å²) in [5.74, 6) is -0.194. The van der Waals surface area contributed by atoms with Crippen LogP contribution in [0.2, 0.25) is 0 Å². The summed E-state index contributed by atoms with van der Waals surface area (Å²) in [6.07, 6.45) is 1.52. The van der Waals surface area contributed by atoms with Crippen molar-refractivity contribution in [3.05, 3.63) is 35.9 Å². The Morgan fingerprint density at radius 3 is 2.94 bits per heavy atom. The second-order valence-electron chi connectivity index (χ2n) is 3.27. The van der Waals surface area contributed by atoms with E-state index in [1.165, 1.54) is 18.3 Å². The molecule has 88 valence electrons. The molecule has 0 spiro atoms. The summed E-state index contributed by atoms with van der Waals surface area (Å²) in [7, 11) is 0. The molecular weight excluding hydrogens is 224 g/mol. The number of nitrogens with two attached hydrogens (primary N) is 1. The fraction of sp³-hybridized carbons (Fsp3) is 0.100. The molecule has 0 aliphatic rings. The summed E-state index contributed by atoms with van der Waals surface area (Å²) >= 11 is 0. The zero-order chi connectivity index (χ0) is 12.3. The number of carboxylic acids is 1. The normalized spacial score (nSPS) is 10.1. The minimum absolute atomic E-state index is 0.0701. The van der Waals surface area contributed by atoms with Gasteiger partial charge in [0.15, 0.2) is 17.3 Å². The van der Waals surface area contributed by atoms with Crippen LogP contribution < -0.4 is 11.1 Å². The molecule has 17 heavy (non-hydrogen) atoms. The van der Waals surface area contributed by atoms with Gasteiger partial charge in [-0.3, -0.25) is 0 Å². The predicted octanol–water partition coefficient (Wildman–Crippen LogP) is 0.962. The van der Waals surface area contributed by atoms with Crippen LogP contribution >= 0.6 is 0 Å². The van der Waals surface area contributed by atoms with Gasteiger partial charge < -0.3 is 20.7 Å². The zero-order valence-corrected chi connectivity index (χ0v) is 8.75. The highest BCUT2D eigenvalue weighted by Gasteiger charge is 2.08. The number of anilines is 2. The quantitative estimate of drug-likeness (QED) is 0.721. The summed E-state index contributed by atoms with van der Waals surface area (Å²) in [6, 6.07) is 4.51. The Morgan fingerprint density at radius 1 is 1.47 bits per heavy atom. The predicted molar refractivity (Wildman–Crippen MR) is 59.4 cm³/mol. The van der Waals surface area contributed by atoms with Crippen molar-refractivity contribution in [2.24, 2.45) is 0 Å². The monoisotopic (exact) mass is 234 g/mol. The summed E-state index contributed by atoms with van der Waals surface area (Å²) < 4.78 is 4.88. The topological polar surface area (TPSA) is 114 Å². The molecule has 0 fully saturated rings. The molecule has 2 heterocycles. The highest BCUT2D eigenvalue weighted by atomic mass is 16.5. The van der Waals surface area contributed by atoms with Crippen molar-refractivity contribution < 1.29 is 14.4 Å². The van der Waals surface area contributed by atoms with Gasteiger partial charge in [0.1, 0.15) is 0 Å². The lowest BCUT2D eigenvalue weighted by atomic mass is 10.3. The number of nitrogens with zero attached hydrogens (tertiary/aromatic N) is 2. The Morgan fingerprint density at radius 2 is 2.29 bits per heavy atom. The molecule has 2 rings (SSSR count). The number of rotatable bonds is 4. The van der Waals surface area contributed by atoms with Crippen LogP contribution in [0.3, 0.4) is 0 Å². The number of pyridine rings is 1. The molecule has 0 radical (unpaired) electrons. The molecule has 0 aliphatic heterocycles. The molecular formula is C10H10N4O3. The van der Waals surface area contributed by atoms with Gasteiger partial charge in [0, 0.05) is 6.07 Å². The molecule has 0 aromatic carbocycles. The molecule has 7 nitrogen and oxygen atoms in total. The van der Waals surface area contributed by atoms with Gasteiger partial charge in [-0.1, -0.05) is 5.16 Å². The van der Waals surface area contributed by atoms with Crippen molar-refractivity contribution in [1.82, 2.24) is 10.1 Å². The molecule has 2 aromatic heterocycles. The Kier molecular flexibility index (Phi) is 2.91. The molecule has 0 atom stereocenters. The third-order valence-corrected chi connectivity index (χ3v) is 2.07.